The zero-order valence-corrected chi connectivity index (χ0v) is 66.9. The molecule has 3 atom stereocenters. The maximum atomic E-state index is 16.1. The average Bonchev–Trinajstić information content (AvgIpc) is 1.63. The van der Waals surface area contributed by atoms with E-state index in [1.54, 1.807) is 68.1 Å². The second-order valence-electron chi connectivity index (χ2n) is 32.8. The largest absolute Gasteiger partial charge is 0.737 e. The van der Waals surface area contributed by atoms with Crippen LogP contribution in [0.25, 0.3) is 28.1 Å². The van der Waals surface area contributed by atoms with Gasteiger partial charge in [-0.2, -0.15) is 0 Å². The van der Waals surface area contributed by atoms with Crippen molar-refractivity contribution in [2.45, 2.75) is 137 Å². The molecule has 1 spiro atoms. The highest BCUT2D eigenvalue weighted by Crippen LogP contribution is 2.54. The van der Waals surface area contributed by atoms with Crippen LogP contribution in [0.2, 0.25) is 13.1 Å². The molecular formula is C84H98BF2N15O8Si. The van der Waals surface area contributed by atoms with E-state index in [9.17, 15) is 28.8 Å². The van der Waals surface area contributed by atoms with E-state index in [2.05, 4.69) is 80.2 Å². The number of hydrogen-bond acceptors (Lipinski definition) is 14. The van der Waals surface area contributed by atoms with E-state index in [1.165, 1.54) is 4.90 Å². The van der Waals surface area contributed by atoms with E-state index in [4.69, 9.17) is 19.8 Å². The molecule has 0 radical (unpaired) electrons. The third-order valence-corrected chi connectivity index (χ3v) is 27.8. The number of benzene rings is 5. The molecule has 15 rings (SSSR count). The predicted molar refractivity (Wildman–Crippen MR) is 428 cm³/mol. The number of allylic oxidation sites excluding steroid dienone is 3. The van der Waals surface area contributed by atoms with Gasteiger partial charge in [-0.05, 0) is 173 Å². The van der Waals surface area contributed by atoms with E-state index in [0.717, 1.165) is 118 Å². The summed E-state index contributed by atoms with van der Waals surface area (Å²) in [5, 5.41) is 27.3. The molecule has 23 nitrogen and oxygen atoms in total. The van der Waals surface area contributed by atoms with Crippen LogP contribution >= 0.6 is 0 Å². The molecule has 1 saturated carbocycles. The third-order valence-electron chi connectivity index (χ3n) is 24.3. The number of para-hydroxylation sites is 1. The van der Waals surface area contributed by atoms with Crippen LogP contribution < -0.4 is 35.7 Å². The Hall–Kier alpha value is -10.8. The fraction of sp³-hybridized carbons (Fsp3) is 0.417. The fourth-order valence-electron chi connectivity index (χ4n) is 18.4. The van der Waals surface area contributed by atoms with Crippen LogP contribution in [0.4, 0.5) is 30.5 Å². The summed E-state index contributed by atoms with van der Waals surface area (Å²) in [6, 6.07) is 35.2. The van der Waals surface area contributed by atoms with Crippen molar-refractivity contribution < 1.29 is 51.4 Å². The molecule has 5 amide bonds. The number of hydrogen-bond donors (Lipinski definition) is 2. The first kappa shape index (κ1) is 75.6. The monoisotopic (exact) mass is 1520 g/mol. The molecule has 3 aromatic heterocycles. The van der Waals surface area contributed by atoms with Crippen molar-refractivity contribution in [2.24, 2.45) is 17.8 Å². The van der Waals surface area contributed by atoms with Gasteiger partial charge in [-0.3, -0.25) is 19.2 Å². The van der Waals surface area contributed by atoms with Crippen molar-refractivity contribution >= 4 is 89.5 Å². The Morgan fingerprint density at radius 3 is 2.14 bits per heavy atom. The van der Waals surface area contributed by atoms with Crippen molar-refractivity contribution in [1.29, 1.82) is 0 Å². The molecule has 5 aromatic carbocycles. The van der Waals surface area contributed by atoms with Crippen LogP contribution in [0, 0.1) is 31.6 Å². The van der Waals surface area contributed by atoms with Crippen LogP contribution in [0.1, 0.15) is 144 Å². The zero-order chi connectivity index (χ0) is 78.7. The number of nitrogens with one attached hydrogen (secondary N) is 2. The van der Waals surface area contributed by atoms with Crippen LogP contribution in [-0.4, -0.2) is 180 Å². The standard InChI is InChI=1S/C84H98BF2N15O8Si/c1-50-42-52(3)100-77(50)63(78-51(2)43-53(4)101(78)85(100,86)87)30-35-74(104)96(11)40-41-97(12)82(108)109-49-64-59-28-33-68-70(34-29-60(59)64)102(93-90-68)83(5,6)47-73(103)88-37-19-39-99-79-58-21-16-15-20-55(58)48-98(69-23-18-17-22-62(69)76(79)91-92-99)75(105)36-38-89-80(106)54-24-27-61-67(44-54)84(110-81(61)107)65-31-25-56(94(7)8)45-71(65)111(13,14)72-46-57(95(9)10)26-32-66(72)84/h15-18,20-27,31-32,42-46,59-60,64H,19,28-30,33-41,47-49H2,1-14H3,(H,88,103)(H,89,106)/t59-,60+,64-/m0/s1. The van der Waals surface area contributed by atoms with Gasteiger partial charge in [-0.25, -0.2) is 19.0 Å². The van der Waals surface area contributed by atoms with Crippen LogP contribution in [0.5, 0.6) is 0 Å². The summed E-state index contributed by atoms with van der Waals surface area (Å²) in [7, 11) is 9.02. The van der Waals surface area contributed by atoms with Gasteiger partial charge in [0.1, 0.15) is 19.5 Å². The summed E-state index contributed by atoms with van der Waals surface area (Å²) in [6.45, 7) is 13.6. The van der Waals surface area contributed by atoms with Gasteiger partial charge < -0.3 is 62.2 Å². The van der Waals surface area contributed by atoms with Gasteiger partial charge in [-0.1, -0.05) is 78.1 Å². The number of amides is 5. The van der Waals surface area contributed by atoms with Gasteiger partial charge >= 0.3 is 19.0 Å². The topological polar surface area (TPSA) is 230 Å². The number of aryl methyl sites for hydroxylation is 4. The lowest BCUT2D eigenvalue weighted by atomic mass is 9.78. The van der Waals surface area contributed by atoms with Gasteiger partial charge in [0.25, 0.3) is 5.91 Å². The summed E-state index contributed by atoms with van der Waals surface area (Å²) in [5.74, 6) is -0.385. The molecular weight excluding hydrogens is 1420 g/mol. The number of fused-ring (bicyclic) bond motifs is 15. The van der Waals surface area contributed by atoms with Crippen LogP contribution in [-0.2, 0) is 60.9 Å². The number of esters is 1. The SMILES string of the molecule is CC1=CC(C)=[N+]2C1=C(CCC(=O)N(C)CCN(C)C(=O)OC[C@@H]1[C@@H]3CCc4c(nnn4C(C)(C)CC(=O)NCCCn4nnc5c4-c4ccccc4CN(C(=O)CCNC(=O)c4ccc6c(c4)C4(OC6=O)c6ccc(N(C)C)cc6[Si](C)(C)c6cc(N(C)C)ccc64)c4ccccc4-5)CC[C@@H]31)c1c(C)cc(C)n1[B-]2(F)F. The molecule has 0 bridgehead atoms. The van der Waals surface area contributed by atoms with E-state index >= 15 is 8.63 Å². The Balaban J connectivity index is 0.535. The van der Waals surface area contributed by atoms with E-state index < -0.39 is 38.2 Å². The molecule has 0 unspecified atom stereocenters. The molecule has 111 heavy (non-hydrogen) atoms. The van der Waals surface area contributed by atoms with Crippen molar-refractivity contribution in [1.82, 2.24) is 54.9 Å². The first-order valence-electron chi connectivity index (χ1n) is 38.7. The number of ether oxygens (including phenoxy) is 2. The predicted octanol–water partition coefficient (Wildman–Crippen LogP) is 10.5. The lowest BCUT2D eigenvalue weighted by molar-refractivity contribution is -0.363. The highest BCUT2D eigenvalue weighted by molar-refractivity contribution is 7.01. The van der Waals surface area contributed by atoms with Gasteiger partial charge in [0.05, 0.1) is 53.4 Å². The van der Waals surface area contributed by atoms with Gasteiger partial charge in [0.15, 0.2) is 11.3 Å². The minimum atomic E-state index is -4.10. The minimum Gasteiger partial charge on any atom is -0.449 e. The first-order chi connectivity index (χ1) is 52.9. The third kappa shape index (κ3) is 13.2. The van der Waals surface area contributed by atoms with E-state index in [1.807, 2.05) is 114 Å². The summed E-state index contributed by atoms with van der Waals surface area (Å²) in [5.41, 5.74) is 13.9. The fourth-order valence-corrected chi connectivity index (χ4v) is 21.6. The van der Waals surface area contributed by atoms with Crippen LogP contribution in [0.15, 0.2) is 127 Å². The highest BCUT2D eigenvalue weighted by atomic mass is 28.3. The number of likely N-dealkylation sites (N-methyl/N-ethyl adjacent to an activating group) is 2. The molecule has 1 fully saturated rings. The van der Waals surface area contributed by atoms with Crippen molar-refractivity contribution in [3.8, 4) is 22.5 Å². The number of carbonyl (C=O) groups excluding carboxylic acids is 6. The average molecular weight is 1520 g/mol. The number of carbonyl (C=O) groups is 6. The minimum absolute atomic E-state index is 0.0158. The first-order valence-corrected chi connectivity index (χ1v) is 41.7. The number of rotatable bonds is 21. The zero-order valence-electron chi connectivity index (χ0n) is 65.9. The maximum Gasteiger partial charge on any atom is 0.737 e. The molecule has 578 valence electrons. The molecule has 0 saturated heterocycles. The van der Waals surface area contributed by atoms with Gasteiger partial charge in [0.2, 0.25) is 17.7 Å². The highest BCUT2D eigenvalue weighted by Gasteiger charge is 2.58. The van der Waals surface area contributed by atoms with E-state index in [0.29, 0.717) is 82.2 Å². The second kappa shape index (κ2) is 28.8. The number of halogens is 2. The normalized spacial score (nSPS) is 18.3. The number of anilines is 3. The molecule has 8 aromatic rings. The molecule has 8 heterocycles. The number of aromatic nitrogens is 7. The van der Waals surface area contributed by atoms with E-state index in [-0.39, 0.29) is 88.0 Å². The van der Waals surface area contributed by atoms with Crippen LogP contribution in [0.3, 0.4) is 0 Å². The lowest BCUT2D eigenvalue weighted by Crippen LogP contribution is -2.63. The van der Waals surface area contributed by atoms with Gasteiger partial charge in [-0.15, -0.1) is 10.2 Å². The maximum absolute atomic E-state index is 16.1. The van der Waals surface area contributed by atoms with Crippen molar-refractivity contribution in [3.63, 3.8) is 0 Å². The Labute approximate surface area is 647 Å². The molecule has 2 aliphatic carbocycles. The summed E-state index contributed by atoms with van der Waals surface area (Å²) < 4.78 is 50.9. The van der Waals surface area contributed by atoms with Gasteiger partial charge in [0, 0.05) is 162 Å². The van der Waals surface area contributed by atoms with Crippen molar-refractivity contribution in [2.75, 3.05) is 89.8 Å². The summed E-state index contributed by atoms with van der Waals surface area (Å²) in [6.07, 6.45) is 5.61. The molecule has 5 aliphatic heterocycles. The molecule has 27 heteroatoms. The Morgan fingerprint density at radius 1 is 0.748 bits per heavy atom. The molecule has 7 aliphatic rings. The quantitative estimate of drug-likeness (QED) is 0.0387. The molecule has 2 N–H and O–H groups in total. The summed E-state index contributed by atoms with van der Waals surface area (Å²) in [4.78, 5) is 93.2. The lowest BCUT2D eigenvalue weighted by Gasteiger charge is -2.44. The Kier molecular flexibility index (Phi) is 19.6. The second-order valence-corrected chi connectivity index (χ2v) is 37.1. The Bertz CT molecular complexity index is 5220. The summed E-state index contributed by atoms with van der Waals surface area (Å²) >= 11 is 0. The smallest absolute Gasteiger partial charge is 0.449 e. The van der Waals surface area contributed by atoms with Crippen molar-refractivity contribution in [3.05, 3.63) is 188 Å². The number of nitrogens with zero attached hydrogens (tertiary/aromatic N) is 13. The Morgan fingerprint density at radius 2 is 1.42 bits per heavy atom.